The Morgan fingerprint density at radius 3 is 2.74 bits per heavy atom. The van der Waals surface area contributed by atoms with Crippen molar-refractivity contribution >= 4 is 28.9 Å². The van der Waals surface area contributed by atoms with Gasteiger partial charge in [-0.05, 0) is 30.7 Å². The highest BCUT2D eigenvalue weighted by Gasteiger charge is 2.06. The second-order valence-electron chi connectivity index (χ2n) is 4.20. The highest BCUT2D eigenvalue weighted by molar-refractivity contribution is 6.32. The summed E-state index contributed by atoms with van der Waals surface area (Å²) in [6.45, 7) is 2.60. The summed E-state index contributed by atoms with van der Waals surface area (Å²) in [6.07, 6.45) is 1.77. The molecule has 5 heteroatoms. The first-order valence-electron chi connectivity index (χ1n) is 5.91. The topological polar surface area (TPSA) is 34.0 Å². The van der Waals surface area contributed by atoms with Crippen LogP contribution < -0.4 is 10.9 Å². The third kappa shape index (κ3) is 3.31. The van der Waals surface area contributed by atoms with Crippen LogP contribution in [0.3, 0.4) is 0 Å². The van der Waals surface area contributed by atoms with Gasteiger partial charge in [0.25, 0.3) is 5.56 Å². The minimum absolute atomic E-state index is 0.103. The van der Waals surface area contributed by atoms with Crippen molar-refractivity contribution in [3.8, 4) is 5.69 Å². The van der Waals surface area contributed by atoms with Crippen LogP contribution in [-0.4, -0.2) is 17.0 Å². The summed E-state index contributed by atoms with van der Waals surface area (Å²) in [4.78, 5) is 11.9. The normalized spacial score (nSPS) is 10.5. The second-order valence-corrected chi connectivity index (χ2v) is 4.98. The molecule has 0 saturated heterocycles. The van der Waals surface area contributed by atoms with Crippen molar-refractivity contribution in [1.82, 2.24) is 4.57 Å². The first-order chi connectivity index (χ1) is 9.11. The third-order valence-electron chi connectivity index (χ3n) is 2.69. The van der Waals surface area contributed by atoms with Crippen LogP contribution >= 0.6 is 23.2 Å². The summed E-state index contributed by atoms with van der Waals surface area (Å²) in [5.41, 5.74) is 2.45. The van der Waals surface area contributed by atoms with Crippen LogP contribution in [0.4, 0.5) is 5.69 Å². The minimum atomic E-state index is -0.103. The monoisotopic (exact) mass is 296 g/mol. The van der Waals surface area contributed by atoms with E-state index in [4.69, 9.17) is 23.2 Å². The van der Waals surface area contributed by atoms with E-state index in [-0.39, 0.29) is 5.56 Å². The molecule has 0 spiro atoms. The Labute approximate surface area is 121 Å². The predicted molar refractivity (Wildman–Crippen MR) is 81.0 cm³/mol. The number of hydrogen-bond donors (Lipinski definition) is 1. The molecule has 2 rings (SSSR count). The third-order valence-corrected chi connectivity index (χ3v) is 3.18. The van der Waals surface area contributed by atoms with E-state index >= 15 is 0 Å². The number of aryl methyl sites for hydroxylation is 1. The van der Waals surface area contributed by atoms with Gasteiger partial charge >= 0.3 is 0 Å². The molecule has 0 amide bonds. The minimum Gasteiger partial charge on any atom is -0.384 e. The number of anilines is 1. The molecular formula is C14H14Cl2N2O. The quantitative estimate of drug-likeness (QED) is 0.877. The summed E-state index contributed by atoms with van der Waals surface area (Å²) in [7, 11) is 0. The highest BCUT2D eigenvalue weighted by Crippen LogP contribution is 2.23. The van der Waals surface area contributed by atoms with Crippen LogP contribution in [-0.2, 0) is 0 Å². The van der Waals surface area contributed by atoms with Crippen LogP contribution in [0.25, 0.3) is 5.69 Å². The maximum absolute atomic E-state index is 11.9. The molecule has 3 nitrogen and oxygen atoms in total. The van der Waals surface area contributed by atoms with Gasteiger partial charge in [0.2, 0.25) is 0 Å². The van der Waals surface area contributed by atoms with Crippen molar-refractivity contribution in [3.05, 3.63) is 57.5 Å². The fourth-order valence-corrected chi connectivity index (χ4v) is 2.15. The van der Waals surface area contributed by atoms with Crippen molar-refractivity contribution in [2.45, 2.75) is 6.92 Å². The molecule has 0 bridgehead atoms. The maximum Gasteiger partial charge on any atom is 0.255 e. The second kappa shape index (κ2) is 6.13. The van der Waals surface area contributed by atoms with Crippen molar-refractivity contribution in [2.24, 2.45) is 0 Å². The lowest BCUT2D eigenvalue weighted by Gasteiger charge is -2.11. The van der Waals surface area contributed by atoms with Gasteiger partial charge in [-0.15, -0.1) is 11.6 Å². The van der Waals surface area contributed by atoms with Gasteiger partial charge in [-0.3, -0.25) is 9.36 Å². The number of nitrogens with zero attached hydrogens (tertiary/aromatic N) is 1. The number of halogens is 2. The summed E-state index contributed by atoms with van der Waals surface area (Å²) in [6, 6.07) is 8.80. The number of rotatable bonds is 4. The van der Waals surface area contributed by atoms with Gasteiger partial charge in [0, 0.05) is 30.4 Å². The molecule has 0 aliphatic rings. The molecule has 0 fully saturated rings. The van der Waals surface area contributed by atoms with E-state index < -0.39 is 0 Å². The molecule has 19 heavy (non-hydrogen) atoms. The average Bonchev–Trinajstić information content (AvgIpc) is 2.40. The zero-order valence-electron chi connectivity index (χ0n) is 10.5. The zero-order chi connectivity index (χ0) is 13.8. The van der Waals surface area contributed by atoms with Gasteiger partial charge in [-0.1, -0.05) is 17.7 Å². The van der Waals surface area contributed by atoms with E-state index in [1.807, 2.05) is 19.1 Å². The predicted octanol–water partition coefficient (Wildman–Crippen LogP) is 3.45. The van der Waals surface area contributed by atoms with Crippen molar-refractivity contribution in [3.63, 3.8) is 0 Å². The van der Waals surface area contributed by atoms with Crippen molar-refractivity contribution in [1.29, 1.82) is 0 Å². The molecule has 100 valence electrons. The summed E-state index contributed by atoms with van der Waals surface area (Å²) in [5, 5.41) is 3.66. The fraction of sp³-hybridized carbons (Fsp3) is 0.214. The summed E-state index contributed by atoms with van der Waals surface area (Å²) >= 11 is 11.9. The lowest BCUT2D eigenvalue weighted by Crippen LogP contribution is -2.17. The average molecular weight is 297 g/mol. The van der Waals surface area contributed by atoms with Crippen LogP contribution in [0, 0.1) is 6.92 Å². The van der Waals surface area contributed by atoms with Crippen molar-refractivity contribution < 1.29 is 0 Å². The van der Waals surface area contributed by atoms with Gasteiger partial charge in [-0.25, -0.2) is 0 Å². The Morgan fingerprint density at radius 1 is 1.26 bits per heavy atom. The fourth-order valence-electron chi connectivity index (χ4n) is 1.79. The van der Waals surface area contributed by atoms with Crippen LogP contribution in [0.15, 0.2) is 41.3 Å². The van der Waals surface area contributed by atoms with Gasteiger partial charge in [0.1, 0.15) is 0 Å². The number of benzene rings is 1. The molecule has 1 aromatic carbocycles. The number of hydrogen-bond acceptors (Lipinski definition) is 2. The lowest BCUT2D eigenvalue weighted by atomic mass is 10.2. The Hall–Kier alpha value is -1.45. The molecular weight excluding hydrogens is 283 g/mol. The molecule has 0 saturated carbocycles. The molecule has 1 aromatic heterocycles. The van der Waals surface area contributed by atoms with Gasteiger partial charge < -0.3 is 5.32 Å². The summed E-state index contributed by atoms with van der Waals surface area (Å²) < 4.78 is 1.54. The Balaban J connectivity index is 2.40. The van der Waals surface area contributed by atoms with E-state index in [0.29, 0.717) is 23.1 Å². The van der Waals surface area contributed by atoms with Crippen LogP contribution in [0.1, 0.15) is 5.56 Å². The highest BCUT2D eigenvalue weighted by atomic mass is 35.5. The summed E-state index contributed by atoms with van der Waals surface area (Å²) in [5.74, 6) is 0.525. The van der Waals surface area contributed by atoms with E-state index in [2.05, 4.69) is 5.32 Å². The molecule has 0 radical (unpaired) electrons. The van der Waals surface area contributed by atoms with E-state index in [1.165, 1.54) is 6.07 Å². The van der Waals surface area contributed by atoms with Crippen LogP contribution in [0.5, 0.6) is 0 Å². The maximum atomic E-state index is 11.9. The van der Waals surface area contributed by atoms with Gasteiger partial charge in [0.15, 0.2) is 0 Å². The van der Waals surface area contributed by atoms with Gasteiger partial charge in [0.05, 0.1) is 10.7 Å². The van der Waals surface area contributed by atoms with E-state index in [9.17, 15) is 4.79 Å². The van der Waals surface area contributed by atoms with E-state index in [1.54, 1.807) is 22.9 Å². The smallest absolute Gasteiger partial charge is 0.255 e. The zero-order valence-corrected chi connectivity index (χ0v) is 12.0. The first-order valence-corrected chi connectivity index (χ1v) is 6.82. The SMILES string of the molecule is Cc1ccc(=O)n(-c2ccc(NCCCl)cc2Cl)c1. The van der Waals surface area contributed by atoms with Gasteiger partial charge in [-0.2, -0.15) is 0 Å². The Morgan fingerprint density at radius 2 is 2.05 bits per heavy atom. The number of aromatic nitrogens is 1. The Kier molecular flexibility index (Phi) is 4.51. The number of nitrogens with one attached hydrogen (secondary N) is 1. The number of alkyl halides is 1. The number of pyridine rings is 1. The molecule has 0 atom stereocenters. The molecule has 1 heterocycles. The molecule has 1 N–H and O–H groups in total. The molecule has 0 unspecified atom stereocenters. The van der Waals surface area contributed by atoms with Crippen molar-refractivity contribution in [2.75, 3.05) is 17.7 Å². The first kappa shape index (κ1) is 14.0. The molecule has 2 aromatic rings. The van der Waals surface area contributed by atoms with Crippen LogP contribution in [0.2, 0.25) is 5.02 Å². The standard InChI is InChI=1S/C14H14Cl2N2O/c1-10-2-5-14(19)18(9-10)13-4-3-11(8-12(13)16)17-7-6-15/h2-5,8-9,17H,6-7H2,1H3. The lowest BCUT2D eigenvalue weighted by molar-refractivity contribution is 0.976. The van der Waals surface area contributed by atoms with E-state index in [0.717, 1.165) is 11.3 Å². The molecule has 0 aliphatic heterocycles. The molecule has 0 aliphatic carbocycles. The largest absolute Gasteiger partial charge is 0.384 e. The Bertz CT molecular complexity index is 638.